The van der Waals surface area contributed by atoms with E-state index in [0.29, 0.717) is 6.54 Å². The van der Waals surface area contributed by atoms with Gasteiger partial charge in [0.2, 0.25) is 5.91 Å². The number of nitrogens with zero attached hydrogens (tertiary/aromatic N) is 2. The number of hydrogen-bond acceptors (Lipinski definition) is 4. The summed E-state index contributed by atoms with van der Waals surface area (Å²) in [5, 5.41) is 2.79. The third kappa shape index (κ3) is 6.51. The fourth-order valence-electron chi connectivity index (χ4n) is 3.75. The van der Waals surface area contributed by atoms with Crippen molar-refractivity contribution in [3.63, 3.8) is 0 Å². The highest BCUT2D eigenvalue weighted by atomic mass is 32.2. The van der Waals surface area contributed by atoms with Crippen LogP contribution in [0.25, 0.3) is 0 Å². The van der Waals surface area contributed by atoms with E-state index in [1.54, 1.807) is 24.3 Å². The zero-order chi connectivity index (χ0) is 22.1. The summed E-state index contributed by atoms with van der Waals surface area (Å²) in [4.78, 5) is 15.0. The monoisotopic (exact) mass is 447 g/mol. The van der Waals surface area contributed by atoms with Crippen molar-refractivity contribution < 1.29 is 17.6 Å². The molecule has 0 aromatic heterocycles. The Morgan fingerprint density at radius 2 is 1.61 bits per heavy atom. The van der Waals surface area contributed by atoms with E-state index in [0.717, 1.165) is 30.4 Å². The minimum Gasteiger partial charge on any atom is -0.354 e. The lowest BCUT2D eigenvalue weighted by atomic mass is 10.2. The van der Waals surface area contributed by atoms with Gasteiger partial charge in [0.1, 0.15) is 12.4 Å². The molecule has 2 aromatic carbocycles. The van der Waals surface area contributed by atoms with E-state index in [2.05, 4.69) is 10.2 Å². The van der Waals surface area contributed by atoms with E-state index in [1.807, 2.05) is 0 Å². The van der Waals surface area contributed by atoms with Gasteiger partial charge in [0.15, 0.2) is 0 Å². The molecule has 1 aliphatic rings. The van der Waals surface area contributed by atoms with Crippen LogP contribution >= 0.6 is 0 Å². The second-order valence-corrected chi connectivity index (χ2v) is 9.60. The summed E-state index contributed by atoms with van der Waals surface area (Å²) >= 11 is 0. The van der Waals surface area contributed by atoms with E-state index in [-0.39, 0.29) is 10.6 Å². The van der Waals surface area contributed by atoms with E-state index in [4.69, 9.17) is 0 Å². The summed E-state index contributed by atoms with van der Waals surface area (Å²) < 4.78 is 41.6. The van der Waals surface area contributed by atoms with Gasteiger partial charge in [-0.05, 0) is 63.2 Å². The molecule has 0 saturated carbocycles. The molecule has 1 amide bonds. The molecule has 1 saturated heterocycles. The first-order chi connectivity index (χ1) is 15.0. The highest BCUT2D eigenvalue weighted by Crippen LogP contribution is 2.25. The van der Waals surface area contributed by atoms with Crippen LogP contribution in [0.2, 0.25) is 0 Å². The van der Waals surface area contributed by atoms with Gasteiger partial charge in [-0.3, -0.25) is 9.10 Å². The minimum absolute atomic E-state index is 0.00668. The molecule has 0 unspecified atom stereocenters. The molecule has 1 aliphatic heterocycles. The summed E-state index contributed by atoms with van der Waals surface area (Å²) in [7, 11) is -4.10. The number of para-hydroxylation sites is 1. The SMILES string of the molecule is O=C(CN(c1ccccc1F)S(=O)(=O)c1ccccc1)NCCCN1CCCCCC1. The van der Waals surface area contributed by atoms with Crippen LogP contribution in [0.15, 0.2) is 59.5 Å². The Labute approximate surface area is 184 Å². The van der Waals surface area contributed by atoms with Crippen molar-refractivity contribution in [3.8, 4) is 0 Å². The lowest BCUT2D eigenvalue weighted by Crippen LogP contribution is -2.42. The highest BCUT2D eigenvalue weighted by Gasteiger charge is 2.28. The maximum atomic E-state index is 14.4. The summed E-state index contributed by atoms with van der Waals surface area (Å²) in [6.07, 6.45) is 5.75. The molecule has 0 bridgehead atoms. The largest absolute Gasteiger partial charge is 0.354 e. The topological polar surface area (TPSA) is 69.7 Å². The molecule has 8 heteroatoms. The number of sulfonamides is 1. The average Bonchev–Trinajstić information content (AvgIpc) is 3.05. The van der Waals surface area contributed by atoms with Crippen LogP contribution in [-0.2, 0) is 14.8 Å². The Bertz CT molecular complexity index is 946. The van der Waals surface area contributed by atoms with Crippen LogP contribution in [0.3, 0.4) is 0 Å². The number of carbonyl (C=O) groups excluding carboxylic acids is 1. The number of carbonyl (C=O) groups is 1. The van der Waals surface area contributed by atoms with Crippen molar-refractivity contribution >= 4 is 21.6 Å². The molecule has 3 rings (SSSR count). The number of likely N-dealkylation sites (tertiary alicyclic amines) is 1. The molecule has 0 atom stereocenters. The quantitative estimate of drug-likeness (QED) is 0.598. The second kappa shape index (κ2) is 11.2. The predicted molar refractivity (Wildman–Crippen MR) is 120 cm³/mol. The number of rotatable bonds is 9. The van der Waals surface area contributed by atoms with E-state index in [1.165, 1.54) is 56.0 Å². The van der Waals surface area contributed by atoms with E-state index in [9.17, 15) is 17.6 Å². The van der Waals surface area contributed by atoms with Crippen molar-refractivity contribution in [1.29, 1.82) is 0 Å². The number of anilines is 1. The molecule has 1 N–H and O–H groups in total. The van der Waals surface area contributed by atoms with Crippen LogP contribution in [-0.4, -0.2) is 51.9 Å². The van der Waals surface area contributed by atoms with E-state index < -0.39 is 28.3 Å². The van der Waals surface area contributed by atoms with Crippen LogP contribution < -0.4 is 9.62 Å². The van der Waals surface area contributed by atoms with Crippen LogP contribution in [0.4, 0.5) is 10.1 Å². The van der Waals surface area contributed by atoms with Gasteiger partial charge >= 0.3 is 0 Å². The first kappa shape index (κ1) is 23.2. The summed E-state index contributed by atoms with van der Waals surface area (Å²) in [5.74, 6) is -1.16. The van der Waals surface area contributed by atoms with Crippen molar-refractivity contribution in [1.82, 2.24) is 10.2 Å². The zero-order valence-electron chi connectivity index (χ0n) is 17.7. The molecule has 31 heavy (non-hydrogen) atoms. The molecule has 168 valence electrons. The Morgan fingerprint density at radius 3 is 2.29 bits per heavy atom. The van der Waals surface area contributed by atoms with Crippen molar-refractivity contribution in [2.45, 2.75) is 37.0 Å². The normalized spacial score (nSPS) is 15.3. The Kier molecular flexibility index (Phi) is 8.43. The number of nitrogens with one attached hydrogen (secondary N) is 1. The van der Waals surface area contributed by atoms with Gasteiger partial charge in [0, 0.05) is 6.54 Å². The molecule has 0 radical (unpaired) electrons. The van der Waals surface area contributed by atoms with Gasteiger partial charge < -0.3 is 10.2 Å². The number of amides is 1. The number of hydrogen-bond donors (Lipinski definition) is 1. The smallest absolute Gasteiger partial charge is 0.264 e. The third-order valence-corrected chi connectivity index (χ3v) is 7.19. The Hall–Kier alpha value is -2.45. The molecular weight excluding hydrogens is 417 g/mol. The lowest BCUT2D eigenvalue weighted by Gasteiger charge is -2.24. The average molecular weight is 448 g/mol. The van der Waals surface area contributed by atoms with Gasteiger partial charge in [-0.15, -0.1) is 0 Å². The Balaban J connectivity index is 1.65. The highest BCUT2D eigenvalue weighted by molar-refractivity contribution is 7.92. The van der Waals surface area contributed by atoms with Gasteiger partial charge in [-0.1, -0.05) is 43.2 Å². The van der Waals surface area contributed by atoms with Gasteiger partial charge in [0.25, 0.3) is 10.0 Å². The first-order valence-corrected chi connectivity index (χ1v) is 12.2. The van der Waals surface area contributed by atoms with Crippen molar-refractivity contribution in [2.75, 3.05) is 37.0 Å². The molecule has 1 fully saturated rings. The van der Waals surface area contributed by atoms with Gasteiger partial charge in [0.05, 0.1) is 10.6 Å². The van der Waals surface area contributed by atoms with Gasteiger partial charge in [-0.2, -0.15) is 0 Å². The van der Waals surface area contributed by atoms with Crippen molar-refractivity contribution in [3.05, 3.63) is 60.4 Å². The first-order valence-electron chi connectivity index (χ1n) is 10.8. The van der Waals surface area contributed by atoms with E-state index >= 15 is 0 Å². The second-order valence-electron chi connectivity index (χ2n) is 7.74. The summed E-state index contributed by atoms with van der Waals surface area (Å²) in [6, 6.07) is 13.3. The summed E-state index contributed by atoms with van der Waals surface area (Å²) in [5.41, 5.74) is -0.147. The van der Waals surface area contributed by atoms with Crippen molar-refractivity contribution in [2.24, 2.45) is 0 Å². The molecule has 6 nitrogen and oxygen atoms in total. The molecular formula is C23H30FN3O3S. The summed E-state index contributed by atoms with van der Waals surface area (Å²) in [6.45, 7) is 3.04. The minimum atomic E-state index is -4.10. The molecule has 1 heterocycles. The fourth-order valence-corrected chi connectivity index (χ4v) is 5.20. The third-order valence-electron chi connectivity index (χ3n) is 5.41. The molecule has 0 aliphatic carbocycles. The van der Waals surface area contributed by atoms with Crippen LogP contribution in [0, 0.1) is 5.82 Å². The van der Waals surface area contributed by atoms with Crippen LogP contribution in [0.1, 0.15) is 32.1 Å². The maximum Gasteiger partial charge on any atom is 0.264 e. The zero-order valence-corrected chi connectivity index (χ0v) is 18.5. The number of halogens is 1. The van der Waals surface area contributed by atoms with Gasteiger partial charge in [-0.25, -0.2) is 12.8 Å². The maximum absolute atomic E-state index is 14.4. The fraction of sp³-hybridized carbons (Fsp3) is 0.435. The molecule has 2 aromatic rings. The van der Waals surface area contributed by atoms with Crippen LogP contribution in [0.5, 0.6) is 0 Å². The number of benzene rings is 2. The standard InChI is InChI=1S/C23H30FN3O3S/c24-21-13-6-7-14-22(21)27(31(29,30)20-11-4-3-5-12-20)19-23(28)25-15-10-18-26-16-8-1-2-9-17-26/h3-7,11-14H,1-2,8-10,15-19H2,(H,25,28). The Morgan fingerprint density at radius 1 is 0.968 bits per heavy atom. The lowest BCUT2D eigenvalue weighted by molar-refractivity contribution is -0.119. The predicted octanol–water partition coefficient (Wildman–Crippen LogP) is 3.40. The molecule has 0 spiro atoms.